The van der Waals surface area contributed by atoms with Gasteiger partial charge in [0.05, 0.1) is 6.33 Å². The standard InChI is InChI=1S/C10H13N5O2/c16-5-15(6-2-1-3-6)10-13-8-7(9(17)14-10)11-4-12-8/h4,6,16H,1-3,5H2,(H2,11,12,13,14,17). The average molecular weight is 235 g/mol. The molecule has 7 heteroatoms. The molecule has 0 aromatic carbocycles. The maximum atomic E-state index is 11.7. The van der Waals surface area contributed by atoms with Gasteiger partial charge in [-0.25, -0.2) is 4.98 Å². The summed E-state index contributed by atoms with van der Waals surface area (Å²) in [7, 11) is 0. The van der Waals surface area contributed by atoms with Crippen LogP contribution >= 0.6 is 0 Å². The molecule has 1 aliphatic rings. The van der Waals surface area contributed by atoms with E-state index in [4.69, 9.17) is 0 Å². The summed E-state index contributed by atoms with van der Waals surface area (Å²) in [5.74, 6) is 0.391. The molecule has 17 heavy (non-hydrogen) atoms. The van der Waals surface area contributed by atoms with Gasteiger partial charge < -0.3 is 15.0 Å². The van der Waals surface area contributed by atoms with Gasteiger partial charge in [0.2, 0.25) is 5.95 Å². The van der Waals surface area contributed by atoms with Crippen LogP contribution in [0.15, 0.2) is 11.1 Å². The summed E-state index contributed by atoms with van der Waals surface area (Å²) in [5.41, 5.74) is 0.474. The van der Waals surface area contributed by atoms with E-state index in [9.17, 15) is 9.90 Å². The van der Waals surface area contributed by atoms with Crippen molar-refractivity contribution < 1.29 is 5.11 Å². The second kappa shape index (κ2) is 3.85. The molecule has 2 heterocycles. The van der Waals surface area contributed by atoms with E-state index in [-0.39, 0.29) is 18.3 Å². The first-order valence-corrected chi connectivity index (χ1v) is 5.60. The monoisotopic (exact) mass is 235 g/mol. The molecule has 0 atom stereocenters. The third-order valence-electron chi connectivity index (χ3n) is 3.22. The molecule has 0 unspecified atom stereocenters. The number of nitrogens with one attached hydrogen (secondary N) is 2. The van der Waals surface area contributed by atoms with E-state index in [1.807, 2.05) is 0 Å². The van der Waals surface area contributed by atoms with Crippen molar-refractivity contribution in [2.45, 2.75) is 25.3 Å². The molecule has 0 amide bonds. The molecule has 90 valence electrons. The third kappa shape index (κ3) is 1.59. The fraction of sp³-hybridized carbons (Fsp3) is 0.500. The molecule has 0 saturated heterocycles. The Labute approximate surface area is 96.5 Å². The molecule has 0 spiro atoms. The lowest BCUT2D eigenvalue weighted by Crippen LogP contribution is -2.42. The Morgan fingerprint density at radius 1 is 1.53 bits per heavy atom. The van der Waals surface area contributed by atoms with Gasteiger partial charge in [0, 0.05) is 6.04 Å². The van der Waals surface area contributed by atoms with Crippen molar-refractivity contribution in [2.24, 2.45) is 0 Å². The number of aliphatic hydroxyl groups is 1. The largest absolute Gasteiger partial charge is 0.376 e. The Hall–Kier alpha value is -1.89. The number of aromatic amines is 2. The Kier molecular flexibility index (Phi) is 2.32. The van der Waals surface area contributed by atoms with E-state index in [0.717, 1.165) is 19.3 Å². The van der Waals surface area contributed by atoms with Crippen molar-refractivity contribution in [1.82, 2.24) is 19.9 Å². The normalized spacial score (nSPS) is 16.1. The number of hydrogen-bond acceptors (Lipinski definition) is 5. The number of fused-ring (bicyclic) bond motifs is 1. The first-order valence-electron chi connectivity index (χ1n) is 5.60. The summed E-state index contributed by atoms with van der Waals surface area (Å²) >= 11 is 0. The summed E-state index contributed by atoms with van der Waals surface area (Å²) in [6.45, 7) is -0.149. The predicted octanol–water partition coefficient (Wildman–Crippen LogP) is -0.0451. The number of hydrogen-bond donors (Lipinski definition) is 3. The van der Waals surface area contributed by atoms with Crippen LogP contribution in [0.1, 0.15) is 19.3 Å². The topological polar surface area (TPSA) is 97.9 Å². The zero-order chi connectivity index (χ0) is 11.8. The number of aliphatic hydroxyl groups excluding tert-OH is 1. The first-order chi connectivity index (χ1) is 8.29. The summed E-state index contributed by atoms with van der Waals surface area (Å²) in [6, 6.07) is 0.263. The highest BCUT2D eigenvalue weighted by Crippen LogP contribution is 2.26. The fourth-order valence-corrected chi connectivity index (χ4v) is 2.02. The molecule has 2 aromatic rings. The molecule has 3 rings (SSSR count). The van der Waals surface area contributed by atoms with E-state index < -0.39 is 0 Å². The molecule has 2 aromatic heterocycles. The molecule has 3 N–H and O–H groups in total. The van der Waals surface area contributed by atoms with Crippen LogP contribution in [0, 0.1) is 0 Å². The van der Waals surface area contributed by atoms with Gasteiger partial charge in [-0.15, -0.1) is 0 Å². The molecule has 1 fully saturated rings. The van der Waals surface area contributed by atoms with Crippen LogP contribution in [0.25, 0.3) is 11.2 Å². The number of rotatable bonds is 3. The van der Waals surface area contributed by atoms with Gasteiger partial charge in [-0.1, -0.05) is 0 Å². The van der Waals surface area contributed by atoms with Crippen LogP contribution in [0.3, 0.4) is 0 Å². The number of nitrogens with zero attached hydrogens (tertiary/aromatic N) is 3. The smallest absolute Gasteiger partial charge is 0.278 e. The number of imidazole rings is 1. The highest BCUT2D eigenvalue weighted by atomic mass is 16.3. The van der Waals surface area contributed by atoms with Gasteiger partial charge in [-0.3, -0.25) is 9.78 Å². The van der Waals surface area contributed by atoms with Crippen molar-refractivity contribution in [3.05, 3.63) is 16.7 Å². The van der Waals surface area contributed by atoms with Gasteiger partial charge in [0.15, 0.2) is 11.2 Å². The lowest BCUT2D eigenvalue weighted by Gasteiger charge is -2.36. The SMILES string of the molecule is O=c1[nH]c(N(CO)C2CCC2)nc2nc[nH]c12. The minimum Gasteiger partial charge on any atom is -0.376 e. The molecular formula is C10H13N5O2. The van der Waals surface area contributed by atoms with Crippen molar-refractivity contribution in [2.75, 3.05) is 11.6 Å². The van der Waals surface area contributed by atoms with Crippen LogP contribution in [0.2, 0.25) is 0 Å². The van der Waals surface area contributed by atoms with Gasteiger partial charge in [-0.05, 0) is 19.3 Å². The molecule has 0 bridgehead atoms. The number of anilines is 1. The van der Waals surface area contributed by atoms with E-state index in [2.05, 4.69) is 19.9 Å². The van der Waals surface area contributed by atoms with Gasteiger partial charge in [0.25, 0.3) is 5.56 Å². The van der Waals surface area contributed by atoms with E-state index in [0.29, 0.717) is 17.1 Å². The first kappa shape index (κ1) is 10.3. The fourth-order valence-electron chi connectivity index (χ4n) is 2.02. The Balaban J connectivity index is 2.06. The van der Waals surface area contributed by atoms with Gasteiger partial charge in [-0.2, -0.15) is 4.98 Å². The molecule has 1 aliphatic carbocycles. The average Bonchev–Trinajstić information content (AvgIpc) is 2.71. The van der Waals surface area contributed by atoms with Crippen LogP contribution in [-0.2, 0) is 0 Å². The van der Waals surface area contributed by atoms with E-state index in [1.165, 1.54) is 6.33 Å². The number of H-pyrrole nitrogens is 2. The lowest BCUT2D eigenvalue weighted by atomic mass is 9.92. The predicted molar refractivity (Wildman–Crippen MR) is 61.7 cm³/mol. The van der Waals surface area contributed by atoms with Gasteiger partial charge >= 0.3 is 0 Å². The van der Waals surface area contributed by atoms with Crippen molar-refractivity contribution in [3.8, 4) is 0 Å². The highest BCUT2D eigenvalue weighted by molar-refractivity contribution is 5.69. The number of aromatic nitrogens is 4. The zero-order valence-corrected chi connectivity index (χ0v) is 9.18. The molecule has 0 aliphatic heterocycles. The maximum Gasteiger partial charge on any atom is 0.278 e. The van der Waals surface area contributed by atoms with Crippen molar-refractivity contribution >= 4 is 17.1 Å². The third-order valence-corrected chi connectivity index (χ3v) is 3.22. The quantitative estimate of drug-likeness (QED) is 0.648. The maximum absolute atomic E-state index is 11.7. The van der Waals surface area contributed by atoms with Crippen LogP contribution in [0.4, 0.5) is 5.95 Å². The summed E-state index contributed by atoms with van der Waals surface area (Å²) < 4.78 is 0. The highest BCUT2D eigenvalue weighted by Gasteiger charge is 2.26. The summed E-state index contributed by atoms with van der Waals surface area (Å²) in [6.07, 6.45) is 4.62. The minimum absolute atomic E-state index is 0.149. The lowest BCUT2D eigenvalue weighted by molar-refractivity contribution is 0.245. The summed E-state index contributed by atoms with van der Waals surface area (Å²) in [5, 5.41) is 9.36. The molecule has 1 saturated carbocycles. The minimum atomic E-state index is -0.264. The van der Waals surface area contributed by atoms with Gasteiger partial charge in [0.1, 0.15) is 6.73 Å². The van der Waals surface area contributed by atoms with Crippen LogP contribution in [-0.4, -0.2) is 37.8 Å². The van der Waals surface area contributed by atoms with E-state index in [1.54, 1.807) is 4.90 Å². The Bertz CT molecular complexity index is 586. The van der Waals surface area contributed by atoms with Crippen LogP contribution in [0.5, 0.6) is 0 Å². The molecular weight excluding hydrogens is 222 g/mol. The Morgan fingerprint density at radius 3 is 3.00 bits per heavy atom. The second-order valence-corrected chi connectivity index (χ2v) is 4.19. The molecule has 0 radical (unpaired) electrons. The Morgan fingerprint density at radius 2 is 2.35 bits per heavy atom. The van der Waals surface area contributed by atoms with Crippen molar-refractivity contribution in [3.63, 3.8) is 0 Å². The second-order valence-electron chi connectivity index (χ2n) is 4.19. The molecule has 7 nitrogen and oxygen atoms in total. The van der Waals surface area contributed by atoms with Crippen LogP contribution < -0.4 is 10.5 Å². The van der Waals surface area contributed by atoms with E-state index >= 15 is 0 Å². The summed E-state index contributed by atoms with van der Waals surface area (Å²) in [4.78, 5) is 27.0. The van der Waals surface area contributed by atoms with Crippen molar-refractivity contribution in [1.29, 1.82) is 0 Å². The zero-order valence-electron chi connectivity index (χ0n) is 9.18.